The number of rotatable bonds is 37. The van der Waals surface area contributed by atoms with Crippen LogP contribution in [0.15, 0.2) is 12.2 Å². The highest BCUT2D eigenvalue weighted by Gasteiger charge is 2.28. The summed E-state index contributed by atoms with van der Waals surface area (Å²) in [6.07, 6.45) is 35.0. The Hall–Kier alpha value is -0.760. The van der Waals surface area contributed by atoms with Crippen LogP contribution in [0.5, 0.6) is 0 Å². The van der Waals surface area contributed by atoms with Gasteiger partial charge in [0.1, 0.15) is 6.10 Å². The van der Waals surface area contributed by atoms with Gasteiger partial charge in [-0.2, -0.15) is 0 Å². The topological polar surface area (TPSA) is 128 Å². The lowest BCUT2D eigenvalue weighted by molar-refractivity contribution is -0.156. The van der Waals surface area contributed by atoms with Crippen LogP contribution in [-0.4, -0.2) is 47.9 Å². The van der Waals surface area contributed by atoms with Gasteiger partial charge in [0.05, 0.1) is 13.2 Å². The number of aliphatic hydroxyl groups excluding tert-OH is 1. The van der Waals surface area contributed by atoms with Gasteiger partial charge in [0, 0.05) is 13.0 Å². The molecule has 0 aromatic heterocycles. The highest BCUT2D eigenvalue weighted by Crippen LogP contribution is 2.43. The van der Waals surface area contributed by atoms with Gasteiger partial charge < -0.3 is 20.5 Å². The zero-order chi connectivity index (χ0) is 34.7. The second-order valence-corrected chi connectivity index (χ2v) is 14.8. The molecule has 0 heterocycles. The minimum Gasteiger partial charge on any atom is -0.457 e. The Bertz CT molecular complexity index is 752. The second-order valence-electron chi connectivity index (χ2n) is 13.4. The van der Waals surface area contributed by atoms with Crippen molar-refractivity contribution in [1.82, 2.24) is 0 Å². The predicted molar refractivity (Wildman–Crippen MR) is 196 cm³/mol. The molecule has 0 spiro atoms. The number of nitrogens with two attached hydrogens (primary N) is 1. The molecule has 8 nitrogen and oxygen atoms in total. The van der Waals surface area contributed by atoms with Gasteiger partial charge in [0.15, 0.2) is 6.10 Å². The van der Waals surface area contributed by atoms with Crippen LogP contribution in [0, 0.1) is 0 Å². The Balaban J connectivity index is 4.26. The number of phosphoric ester groups is 1. The summed E-state index contributed by atoms with van der Waals surface area (Å²) in [6.45, 7) is 3.98. The maximum atomic E-state index is 12.6. The van der Waals surface area contributed by atoms with Crippen LogP contribution in [0.3, 0.4) is 0 Å². The maximum absolute atomic E-state index is 12.6. The molecule has 0 aliphatic rings. The van der Waals surface area contributed by atoms with Crippen molar-refractivity contribution < 1.29 is 33.1 Å². The van der Waals surface area contributed by atoms with Crippen molar-refractivity contribution in [3.8, 4) is 0 Å². The molecule has 0 aliphatic carbocycles. The summed E-state index contributed by atoms with van der Waals surface area (Å²) in [5.41, 5.74) is 5.34. The third-order valence-corrected chi connectivity index (χ3v) is 9.71. The molecule has 0 aromatic carbocycles. The van der Waals surface area contributed by atoms with Crippen molar-refractivity contribution in [1.29, 1.82) is 0 Å². The van der Waals surface area contributed by atoms with E-state index in [4.69, 9.17) is 19.5 Å². The fourth-order valence-corrected chi connectivity index (χ4v) is 6.48. The van der Waals surface area contributed by atoms with Gasteiger partial charge >= 0.3 is 13.8 Å². The normalized spacial score (nSPS) is 14.4. The van der Waals surface area contributed by atoms with Gasteiger partial charge in [-0.05, 0) is 19.3 Å². The van der Waals surface area contributed by atoms with Crippen LogP contribution in [-0.2, 0) is 23.1 Å². The van der Waals surface area contributed by atoms with E-state index in [-0.39, 0.29) is 19.6 Å². The minimum absolute atomic E-state index is 0.0655. The molecule has 0 aromatic rings. The lowest BCUT2D eigenvalue weighted by Crippen LogP contribution is -2.34. The molecule has 0 rings (SSSR count). The summed E-state index contributed by atoms with van der Waals surface area (Å²) >= 11 is 0. The molecule has 4 N–H and O–H groups in total. The van der Waals surface area contributed by atoms with E-state index in [0.29, 0.717) is 6.42 Å². The van der Waals surface area contributed by atoms with E-state index in [1.807, 2.05) is 6.08 Å². The quantitative estimate of drug-likeness (QED) is 0.0254. The van der Waals surface area contributed by atoms with Crippen molar-refractivity contribution in [2.24, 2.45) is 5.73 Å². The van der Waals surface area contributed by atoms with E-state index in [2.05, 4.69) is 13.8 Å². The van der Waals surface area contributed by atoms with Gasteiger partial charge in [0.2, 0.25) is 0 Å². The largest absolute Gasteiger partial charge is 0.472 e. The van der Waals surface area contributed by atoms with E-state index < -0.39 is 32.6 Å². The van der Waals surface area contributed by atoms with Crippen LogP contribution >= 0.6 is 7.82 Å². The Morgan fingerprint density at radius 1 is 0.660 bits per heavy atom. The van der Waals surface area contributed by atoms with Crippen molar-refractivity contribution >= 4 is 13.8 Å². The number of hydrogen-bond donors (Lipinski definition) is 3. The molecule has 0 saturated carbocycles. The zero-order valence-corrected chi connectivity index (χ0v) is 31.6. The Labute approximate surface area is 290 Å². The van der Waals surface area contributed by atoms with Crippen LogP contribution in [0.25, 0.3) is 0 Å². The molecule has 0 amide bonds. The second kappa shape index (κ2) is 35.1. The molecular weight excluding hydrogens is 613 g/mol. The molecule has 9 heteroatoms. The first-order valence-electron chi connectivity index (χ1n) is 19.7. The monoisotopic (exact) mass is 690 g/mol. The maximum Gasteiger partial charge on any atom is 0.472 e. The summed E-state index contributed by atoms with van der Waals surface area (Å²) in [4.78, 5) is 22.5. The Kier molecular flexibility index (Phi) is 34.5. The van der Waals surface area contributed by atoms with Gasteiger partial charge in [-0.15, -0.1) is 0 Å². The van der Waals surface area contributed by atoms with Crippen molar-refractivity contribution in [3.63, 3.8) is 0 Å². The number of hydrogen-bond acceptors (Lipinski definition) is 7. The number of esters is 1. The fourth-order valence-electron chi connectivity index (χ4n) is 5.73. The van der Waals surface area contributed by atoms with Crippen molar-refractivity contribution in [3.05, 3.63) is 12.2 Å². The third-order valence-electron chi connectivity index (χ3n) is 8.73. The summed E-state index contributed by atoms with van der Waals surface area (Å²) < 4.78 is 27.4. The molecule has 0 saturated heterocycles. The number of phosphoric acid groups is 1. The number of carbonyl (C=O) groups excluding carboxylic acids is 1. The number of allylic oxidation sites excluding steroid dienone is 1. The van der Waals surface area contributed by atoms with Gasteiger partial charge in [-0.1, -0.05) is 180 Å². The van der Waals surface area contributed by atoms with E-state index in [9.17, 15) is 19.4 Å². The summed E-state index contributed by atoms with van der Waals surface area (Å²) in [6, 6.07) is 0. The average molecular weight is 690 g/mol. The molecule has 3 atom stereocenters. The molecule has 47 heavy (non-hydrogen) atoms. The first kappa shape index (κ1) is 46.2. The zero-order valence-electron chi connectivity index (χ0n) is 30.7. The number of unbranched alkanes of at least 4 members (excludes halogenated alkanes) is 25. The first-order valence-corrected chi connectivity index (χ1v) is 21.2. The summed E-state index contributed by atoms with van der Waals surface area (Å²) in [5.74, 6) is -0.443. The van der Waals surface area contributed by atoms with Crippen LogP contribution in [0.1, 0.15) is 194 Å². The third kappa shape index (κ3) is 33.5. The standard InChI is InChI=1S/C38H76NO7P/c1-3-5-7-9-11-13-15-17-18-20-22-24-26-28-30-32-38(41)46-37(35-45-47(42,43)44-34-33-39)36(40)31-29-27-25-23-21-19-16-14-12-10-8-6-4-2/h29,31,36-37,40H,3-28,30,32-35,39H2,1-2H3,(H,42,43)/b31-29-. The number of aliphatic hydroxyl groups is 1. The first-order chi connectivity index (χ1) is 22.9. The Morgan fingerprint density at radius 3 is 1.49 bits per heavy atom. The van der Waals surface area contributed by atoms with Crippen molar-refractivity contribution in [2.75, 3.05) is 19.8 Å². The van der Waals surface area contributed by atoms with Gasteiger partial charge in [-0.3, -0.25) is 13.8 Å². The molecule has 0 bridgehead atoms. The average Bonchev–Trinajstić information content (AvgIpc) is 3.05. The molecule has 280 valence electrons. The lowest BCUT2D eigenvalue weighted by Gasteiger charge is -2.22. The lowest BCUT2D eigenvalue weighted by atomic mass is 10.0. The molecule has 3 unspecified atom stereocenters. The summed E-state index contributed by atoms with van der Waals surface area (Å²) in [5, 5.41) is 10.7. The smallest absolute Gasteiger partial charge is 0.457 e. The molecule has 0 radical (unpaired) electrons. The van der Waals surface area contributed by atoms with Crippen LogP contribution < -0.4 is 5.73 Å². The SMILES string of the molecule is CCCCCCCCCCCCC/C=C\C(O)C(COP(=O)(O)OCCN)OC(=O)CCCCCCCCCCCCCCCCC. The van der Waals surface area contributed by atoms with Gasteiger partial charge in [-0.25, -0.2) is 4.57 Å². The van der Waals surface area contributed by atoms with E-state index in [1.54, 1.807) is 6.08 Å². The molecule has 0 fully saturated rings. The van der Waals surface area contributed by atoms with Crippen molar-refractivity contribution in [2.45, 2.75) is 206 Å². The van der Waals surface area contributed by atoms with E-state index in [1.165, 1.54) is 135 Å². The molecule has 0 aliphatic heterocycles. The summed E-state index contributed by atoms with van der Waals surface area (Å²) in [7, 11) is -4.37. The highest BCUT2D eigenvalue weighted by atomic mass is 31.2. The molecular formula is C38H76NO7P. The Morgan fingerprint density at radius 2 is 1.06 bits per heavy atom. The fraction of sp³-hybridized carbons (Fsp3) is 0.921. The van der Waals surface area contributed by atoms with Crippen LogP contribution in [0.2, 0.25) is 0 Å². The van der Waals surface area contributed by atoms with E-state index in [0.717, 1.165) is 32.1 Å². The minimum atomic E-state index is -4.37. The number of carbonyl (C=O) groups is 1. The predicted octanol–water partition coefficient (Wildman–Crippen LogP) is 10.9. The van der Waals surface area contributed by atoms with E-state index >= 15 is 0 Å². The number of ether oxygens (including phenoxy) is 1. The van der Waals surface area contributed by atoms with Crippen LogP contribution in [0.4, 0.5) is 0 Å². The van der Waals surface area contributed by atoms with Gasteiger partial charge in [0.25, 0.3) is 0 Å². The highest BCUT2D eigenvalue weighted by molar-refractivity contribution is 7.47.